The van der Waals surface area contributed by atoms with E-state index in [0.29, 0.717) is 13.2 Å². The van der Waals surface area contributed by atoms with Crippen LogP contribution in [0.15, 0.2) is 23.2 Å². The molecule has 1 aliphatic heterocycles. The molecule has 0 saturated heterocycles. The van der Waals surface area contributed by atoms with E-state index in [9.17, 15) is 0 Å². The summed E-state index contributed by atoms with van der Waals surface area (Å²) < 4.78 is 16.3. The Kier molecular flexibility index (Phi) is 7.72. The molecule has 2 rings (SSSR count). The number of ether oxygens (including phenoxy) is 3. The van der Waals surface area contributed by atoms with E-state index in [2.05, 4.69) is 21.9 Å². The Morgan fingerprint density at radius 1 is 1.22 bits per heavy atom. The minimum absolute atomic E-state index is 0.277. The van der Waals surface area contributed by atoms with Gasteiger partial charge < -0.3 is 24.8 Å². The molecule has 0 atom stereocenters. The first-order valence-electron chi connectivity index (χ1n) is 7.79. The van der Waals surface area contributed by atoms with E-state index in [4.69, 9.17) is 14.2 Å². The van der Waals surface area contributed by atoms with Crippen molar-refractivity contribution in [3.8, 4) is 17.2 Å². The maximum absolute atomic E-state index is 5.70. The largest absolute Gasteiger partial charge is 0.492 e. The Morgan fingerprint density at radius 2 is 2.04 bits per heavy atom. The lowest BCUT2D eigenvalue weighted by molar-refractivity contribution is 0.173. The number of aliphatic imine (C=N–C) groups is 1. The molecular formula is C16H25N3O3S. The van der Waals surface area contributed by atoms with Gasteiger partial charge in [0.25, 0.3) is 0 Å². The quantitative estimate of drug-likeness (QED) is 0.408. The van der Waals surface area contributed by atoms with Gasteiger partial charge in [0.15, 0.2) is 17.5 Å². The normalized spacial score (nSPS) is 13.0. The van der Waals surface area contributed by atoms with Crippen LogP contribution in [0.25, 0.3) is 0 Å². The number of nitrogens with one attached hydrogen (secondary N) is 2. The van der Waals surface area contributed by atoms with Gasteiger partial charge in [-0.2, -0.15) is 11.8 Å². The summed E-state index contributed by atoms with van der Waals surface area (Å²) >= 11 is 1.88. The molecule has 1 aromatic carbocycles. The fourth-order valence-electron chi connectivity index (χ4n) is 2.10. The van der Waals surface area contributed by atoms with Crippen molar-refractivity contribution in [3.05, 3.63) is 18.2 Å². The van der Waals surface area contributed by atoms with E-state index < -0.39 is 0 Å². The molecule has 1 aliphatic rings. The van der Waals surface area contributed by atoms with Gasteiger partial charge in [-0.25, -0.2) is 0 Å². The molecular weight excluding hydrogens is 314 g/mol. The third kappa shape index (κ3) is 6.09. The maximum Gasteiger partial charge on any atom is 0.231 e. The molecule has 0 radical (unpaired) electrons. The van der Waals surface area contributed by atoms with E-state index in [1.807, 2.05) is 30.0 Å². The second-order valence-corrected chi connectivity index (χ2v) is 5.97. The second-order valence-electron chi connectivity index (χ2n) is 4.99. The summed E-state index contributed by atoms with van der Waals surface area (Å²) in [6.45, 7) is 2.44. The van der Waals surface area contributed by atoms with Crippen molar-refractivity contribution in [2.24, 2.45) is 4.99 Å². The molecule has 1 heterocycles. The summed E-state index contributed by atoms with van der Waals surface area (Å²) in [5, 5.41) is 6.53. The van der Waals surface area contributed by atoms with E-state index in [-0.39, 0.29) is 6.79 Å². The Hall–Kier alpha value is -1.76. The van der Waals surface area contributed by atoms with E-state index in [0.717, 1.165) is 36.2 Å². The van der Waals surface area contributed by atoms with Crippen molar-refractivity contribution >= 4 is 17.7 Å². The van der Waals surface area contributed by atoms with Crippen LogP contribution >= 0.6 is 11.8 Å². The molecule has 0 aromatic heterocycles. The number of rotatable bonds is 9. The summed E-state index contributed by atoms with van der Waals surface area (Å²) in [6.07, 6.45) is 4.50. The molecule has 7 heteroatoms. The summed E-state index contributed by atoms with van der Waals surface area (Å²) in [6, 6.07) is 5.59. The van der Waals surface area contributed by atoms with Crippen LogP contribution in [0.5, 0.6) is 17.2 Å². The molecule has 128 valence electrons. The van der Waals surface area contributed by atoms with Gasteiger partial charge in [-0.1, -0.05) is 0 Å². The molecule has 0 fully saturated rings. The predicted molar refractivity (Wildman–Crippen MR) is 95.0 cm³/mol. The van der Waals surface area contributed by atoms with Crippen LogP contribution in [0, 0.1) is 0 Å². The van der Waals surface area contributed by atoms with Gasteiger partial charge >= 0.3 is 0 Å². The highest BCUT2D eigenvalue weighted by molar-refractivity contribution is 7.98. The number of guanidine groups is 1. The van der Waals surface area contributed by atoms with Crippen LogP contribution in [-0.4, -0.2) is 51.5 Å². The number of benzene rings is 1. The van der Waals surface area contributed by atoms with Crippen LogP contribution < -0.4 is 24.8 Å². The van der Waals surface area contributed by atoms with Crippen molar-refractivity contribution < 1.29 is 14.2 Å². The predicted octanol–water partition coefficient (Wildman–Crippen LogP) is 2.10. The Balaban J connectivity index is 1.60. The van der Waals surface area contributed by atoms with Crippen LogP contribution in [-0.2, 0) is 0 Å². The Bertz CT molecular complexity index is 511. The standard InChI is InChI=1S/C16H25N3O3S/c1-17-16(18-7-3-4-10-23-2)19-8-9-20-13-5-6-14-15(11-13)22-12-21-14/h5-6,11H,3-4,7-10,12H2,1-2H3,(H2,17,18,19). The summed E-state index contributed by atoms with van der Waals surface area (Å²) in [5.74, 6) is 4.29. The van der Waals surface area contributed by atoms with Crippen molar-refractivity contribution in [2.45, 2.75) is 12.8 Å². The van der Waals surface area contributed by atoms with Crippen LogP contribution in [0.2, 0.25) is 0 Å². The SMILES string of the molecule is CN=C(NCCCCSC)NCCOc1ccc2c(c1)OCO2. The molecule has 0 saturated carbocycles. The molecule has 2 N–H and O–H groups in total. The number of unbranched alkanes of at least 4 members (excludes halogenated alkanes) is 1. The lowest BCUT2D eigenvalue weighted by Gasteiger charge is -2.12. The van der Waals surface area contributed by atoms with Gasteiger partial charge in [-0.3, -0.25) is 4.99 Å². The molecule has 1 aromatic rings. The van der Waals surface area contributed by atoms with E-state index in [1.165, 1.54) is 12.2 Å². The van der Waals surface area contributed by atoms with Crippen LogP contribution in [0.3, 0.4) is 0 Å². The van der Waals surface area contributed by atoms with Gasteiger partial charge in [-0.15, -0.1) is 0 Å². The number of nitrogens with zero attached hydrogens (tertiary/aromatic N) is 1. The van der Waals surface area contributed by atoms with Crippen molar-refractivity contribution in [3.63, 3.8) is 0 Å². The first-order chi connectivity index (χ1) is 11.3. The maximum atomic E-state index is 5.70. The fraction of sp³-hybridized carbons (Fsp3) is 0.562. The van der Waals surface area contributed by atoms with Gasteiger partial charge in [0, 0.05) is 19.7 Å². The number of fused-ring (bicyclic) bond motifs is 1. The van der Waals surface area contributed by atoms with Crippen molar-refractivity contribution in [2.75, 3.05) is 45.5 Å². The Morgan fingerprint density at radius 3 is 2.87 bits per heavy atom. The molecule has 6 nitrogen and oxygen atoms in total. The molecule has 0 unspecified atom stereocenters. The molecule has 23 heavy (non-hydrogen) atoms. The highest BCUT2D eigenvalue weighted by Crippen LogP contribution is 2.34. The lowest BCUT2D eigenvalue weighted by Crippen LogP contribution is -2.39. The monoisotopic (exact) mass is 339 g/mol. The van der Waals surface area contributed by atoms with Gasteiger partial charge in [0.05, 0.1) is 6.54 Å². The minimum Gasteiger partial charge on any atom is -0.492 e. The summed E-state index contributed by atoms with van der Waals surface area (Å²) in [5.41, 5.74) is 0. The zero-order chi connectivity index (χ0) is 16.3. The first-order valence-corrected chi connectivity index (χ1v) is 9.19. The Labute approximate surface area is 142 Å². The molecule has 0 bridgehead atoms. The van der Waals surface area contributed by atoms with E-state index >= 15 is 0 Å². The fourth-order valence-corrected chi connectivity index (χ4v) is 2.60. The van der Waals surface area contributed by atoms with Crippen LogP contribution in [0.1, 0.15) is 12.8 Å². The van der Waals surface area contributed by atoms with Gasteiger partial charge in [-0.05, 0) is 37.0 Å². The van der Waals surface area contributed by atoms with Crippen molar-refractivity contribution in [1.29, 1.82) is 0 Å². The lowest BCUT2D eigenvalue weighted by atomic mass is 10.3. The zero-order valence-electron chi connectivity index (χ0n) is 13.8. The van der Waals surface area contributed by atoms with E-state index in [1.54, 1.807) is 7.05 Å². The molecule has 0 spiro atoms. The summed E-state index contributed by atoms with van der Waals surface area (Å²) in [4.78, 5) is 4.19. The topological polar surface area (TPSA) is 64.1 Å². The highest BCUT2D eigenvalue weighted by Gasteiger charge is 2.13. The van der Waals surface area contributed by atoms with Gasteiger partial charge in [0.1, 0.15) is 12.4 Å². The highest BCUT2D eigenvalue weighted by atomic mass is 32.2. The number of hydrogen-bond acceptors (Lipinski definition) is 5. The average molecular weight is 339 g/mol. The number of thioether (sulfide) groups is 1. The second kappa shape index (κ2) is 10.1. The van der Waals surface area contributed by atoms with Gasteiger partial charge in [0.2, 0.25) is 6.79 Å². The third-order valence-electron chi connectivity index (χ3n) is 3.30. The smallest absolute Gasteiger partial charge is 0.231 e. The molecule has 0 aliphatic carbocycles. The zero-order valence-corrected chi connectivity index (χ0v) is 14.6. The third-order valence-corrected chi connectivity index (χ3v) is 4.00. The number of hydrogen-bond donors (Lipinski definition) is 2. The van der Waals surface area contributed by atoms with Crippen molar-refractivity contribution in [1.82, 2.24) is 10.6 Å². The van der Waals surface area contributed by atoms with Crippen LogP contribution in [0.4, 0.5) is 0 Å². The minimum atomic E-state index is 0.277. The molecule has 0 amide bonds. The first kappa shape index (κ1) is 17.6. The average Bonchev–Trinajstić information content (AvgIpc) is 3.04. The summed E-state index contributed by atoms with van der Waals surface area (Å²) in [7, 11) is 1.77.